The molecule has 0 aliphatic rings. The minimum atomic E-state index is -0.683. The molecule has 0 aliphatic carbocycles. The second-order valence-electron chi connectivity index (χ2n) is 11.7. The summed E-state index contributed by atoms with van der Waals surface area (Å²) in [7, 11) is 3.29. The van der Waals surface area contributed by atoms with Crippen molar-refractivity contribution in [3.8, 4) is 0 Å². The molecule has 0 unspecified atom stereocenters. The summed E-state index contributed by atoms with van der Waals surface area (Å²) in [6.07, 6.45) is 35.8. The molecule has 0 bridgehead atoms. The van der Waals surface area contributed by atoms with Gasteiger partial charge in [0.05, 0.1) is 19.8 Å². The number of ketones is 1. The fourth-order valence-corrected chi connectivity index (χ4v) is 6.91. The summed E-state index contributed by atoms with van der Waals surface area (Å²) in [4.78, 5) is 29.2. The van der Waals surface area contributed by atoms with E-state index in [9.17, 15) is 19.8 Å². The Morgan fingerprint density at radius 1 is 0.896 bits per heavy atom. The third-order valence-electron chi connectivity index (χ3n) is 7.25. The van der Waals surface area contributed by atoms with Crippen molar-refractivity contribution in [3.63, 3.8) is 0 Å². The fraction of sp³-hybridized carbons (Fsp3) is 0.513. The third kappa shape index (κ3) is 22.8. The third-order valence-corrected chi connectivity index (χ3v) is 10.6. The topological polar surface area (TPSA) is 109 Å². The number of carbonyl (C=O) groups excluding carboxylic acids is 2. The SMILES string of the molecule is CC/C=C\C/C=C\C/C=C\C/C=C\C/C=C\C/C=C\CCC(=O)NCCSSC(C)(C)[C@@H](COC(CO)CO)CC(=O)c1cccnc1. The van der Waals surface area contributed by atoms with Gasteiger partial charge in [0.1, 0.15) is 6.10 Å². The van der Waals surface area contributed by atoms with E-state index >= 15 is 0 Å². The van der Waals surface area contributed by atoms with Crippen LogP contribution in [0.5, 0.6) is 0 Å². The number of ether oxygens (including phenoxy) is 1. The van der Waals surface area contributed by atoms with Crippen LogP contribution in [0.25, 0.3) is 0 Å². The molecule has 0 aromatic carbocycles. The number of nitrogens with one attached hydrogen (secondary N) is 1. The van der Waals surface area contributed by atoms with Crippen LogP contribution in [0.15, 0.2) is 97.4 Å². The number of aliphatic hydroxyl groups is 2. The second kappa shape index (κ2) is 29.2. The maximum atomic E-state index is 12.9. The highest BCUT2D eigenvalue weighted by Gasteiger charge is 2.33. The largest absolute Gasteiger partial charge is 0.394 e. The van der Waals surface area contributed by atoms with Crippen LogP contribution in [0.3, 0.4) is 0 Å². The number of hydrogen-bond donors (Lipinski definition) is 3. The van der Waals surface area contributed by atoms with Crippen LogP contribution in [-0.4, -0.2) is 69.9 Å². The molecule has 1 atom stereocenters. The number of aromatic nitrogens is 1. The fourth-order valence-electron chi connectivity index (χ4n) is 4.23. The maximum Gasteiger partial charge on any atom is 0.220 e. The van der Waals surface area contributed by atoms with E-state index in [1.165, 1.54) is 0 Å². The van der Waals surface area contributed by atoms with Gasteiger partial charge in [-0.1, -0.05) is 101 Å². The Balaban J connectivity index is 2.25. The van der Waals surface area contributed by atoms with Crippen molar-refractivity contribution in [2.75, 3.05) is 32.1 Å². The van der Waals surface area contributed by atoms with Gasteiger partial charge in [-0.3, -0.25) is 14.6 Å². The van der Waals surface area contributed by atoms with Crippen molar-refractivity contribution >= 4 is 33.3 Å². The summed E-state index contributed by atoms with van der Waals surface area (Å²) in [5.74, 6) is 0.560. The van der Waals surface area contributed by atoms with Gasteiger partial charge in [0, 0.05) is 53.8 Å². The average Bonchev–Trinajstić information content (AvgIpc) is 3.09. The zero-order valence-corrected chi connectivity index (χ0v) is 30.8. The molecule has 266 valence electrons. The van der Waals surface area contributed by atoms with Crippen molar-refractivity contribution in [3.05, 3.63) is 103 Å². The van der Waals surface area contributed by atoms with Gasteiger partial charge in [-0.25, -0.2) is 0 Å². The molecule has 1 rings (SSSR count). The predicted octanol–water partition coefficient (Wildman–Crippen LogP) is 8.39. The average molecular weight is 699 g/mol. The number of rotatable bonds is 28. The Hall–Kier alpha value is -2.69. The highest BCUT2D eigenvalue weighted by molar-refractivity contribution is 8.77. The molecule has 9 heteroatoms. The minimum Gasteiger partial charge on any atom is -0.394 e. The highest BCUT2D eigenvalue weighted by Crippen LogP contribution is 2.42. The number of hydrogen-bond acceptors (Lipinski definition) is 8. The van der Waals surface area contributed by atoms with Crippen molar-refractivity contribution in [1.29, 1.82) is 0 Å². The standard InChI is InChI=1S/C39H58N2O5S2/c1-4-5-6-7-8-9-10-11-12-13-14-15-16-17-18-19-20-21-22-25-38(45)41-27-28-47-48-39(2,3)35(33-46-36(31-42)32-43)29-37(44)34-24-23-26-40-30-34/h5-6,8-9,11-12,14-15,17-18,20-21,23-24,26,30,35-36,42-43H,4,7,10,13,16,19,22,25,27-29,31-33H2,1-3H3,(H,41,45)/b6-5-,9-8-,12-11-,15-14-,18-17-,21-20-/t35-/m1/s1. The van der Waals surface area contributed by atoms with E-state index in [1.54, 1.807) is 46.1 Å². The number of nitrogens with zero attached hydrogens (tertiary/aromatic N) is 1. The molecule has 3 N–H and O–H groups in total. The lowest BCUT2D eigenvalue weighted by Gasteiger charge is -2.33. The van der Waals surface area contributed by atoms with E-state index in [0.29, 0.717) is 24.9 Å². The van der Waals surface area contributed by atoms with Crippen LogP contribution < -0.4 is 5.32 Å². The van der Waals surface area contributed by atoms with Crippen LogP contribution in [-0.2, 0) is 9.53 Å². The van der Waals surface area contributed by atoms with Crippen LogP contribution in [0.2, 0.25) is 0 Å². The summed E-state index contributed by atoms with van der Waals surface area (Å²) in [5.41, 5.74) is 0.545. The van der Waals surface area contributed by atoms with Crippen molar-refractivity contribution in [2.24, 2.45) is 5.92 Å². The van der Waals surface area contributed by atoms with E-state index in [2.05, 4.69) is 104 Å². The molecule has 7 nitrogen and oxygen atoms in total. The van der Waals surface area contributed by atoms with E-state index in [1.807, 2.05) is 0 Å². The Labute approximate surface area is 297 Å². The van der Waals surface area contributed by atoms with E-state index in [-0.39, 0.29) is 48.6 Å². The molecule has 0 fully saturated rings. The van der Waals surface area contributed by atoms with Gasteiger partial charge in [0.2, 0.25) is 5.91 Å². The molecule has 0 aliphatic heterocycles. The van der Waals surface area contributed by atoms with Gasteiger partial charge in [-0.05, 0) is 70.9 Å². The number of allylic oxidation sites excluding steroid dienone is 12. The molecule has 1 amide bonds. The predicted molar refractivity (Wildman–Crippen MR) is 205 cm³/mol. The maximum absolute atomic E-state index is 12.9. The molecular weight excluding hydrogens is 641 g/mol. The first-order valence-electron chi connectivity index (χ1n) is 17.1. The molecule has 0 saturated carbocycles. The second-order valence-corrected chi connectivity index (χ2v) is 14.8. The summed E-state index contributed by atoms with van der Waals surface area (Å²) in [5, 5.41) is 21.8. The van der Waals surface area contributed by atoms with Crippen molar-refractivity contribution in [1.82, 2.24) is 10.3 Å². The first-order valence-corrected chi connectivity index (χ1v) is 19.4. The Morgan fingerprint density at radius 3 is 1.98 bits per heavy atom. The zero-order valence-electron chi connectivity index (χ0n) is 29.2. The Kier molecular flexibility index (Phi) is 26.4. The molecule has 1 heterocycles. The normalized spacial score (nSPS) is 13.5. The Morgan fingerprint density at radius 2 is 1.46 bits per heavy atom. The first-order chi connectivity index (χ1) is 23.3. The van der Waals surface area contributed by atoms with Crippen molar-refractivity contribution < 1.29 is 24.5 Å². The lowest BCUT2D eigenvalue weighted by Crippen LogP contribution is -2.36. The van der Waals surface area contributed by atoms with Gasteiger partial charge in [0.15, 0.2) is 5.78 Å². The molecule has 0 saturated heterocycles. The van der Waals surface area contributed by atoms with Crippen molar-refractivity contribution in [2.45, 2.75) is 89.4 Å². The number of aliphatic hydroxyl groups excluding tert-OH is 2. The van der Waals surface area contributed by atoms with Gasteiger partial charge < -0.3 is 20.3 Å². The number of pyridine rings is 1. The molecule has 1 aromatic heterocycles. The van der Waals surface area contributed by atoms with Crippen LogP contribution in [0, 0.1) is 5.92 Å². The van der Waals surface area contributed by atoms with E-state index in [4.69, 9.17) is 4.74 Å². The van der Waals surface area contributed by atoms with Gasteiger partial charge in [-0.2, -0.15) is 0 Å². The van der Waals surface area contributed by atoms with Gasteiger partial charge >= 0.3 is 0 Å². The summed E-state index contributed by atoms with van der Waals surface area (Å²) in [6, 6.07) is 3.48. The lowest BCUT2D eigenvalue weighted by atomic mass is 9.89. The van der Waals surface area contributed by atoms with Crippen LogP contribution in [0.1, 0.15) is 88.9 Å². The quantitative estimate of drug-likeness (QED) is 0.0347. The van der Waals surface area contributed by atoms with Gasteiger partial charge in [-0.15, -0.1) is 0 Å². The molecular formula is C39H58N2O5S2. The summed E-state index contributed by atoms with van der Waals surface area (Å²) < 4.78 is 5.39. The minimum absolute atomic E-state index is 0.0286. The molecule has 48 heavy (non-hydrogen) atoms. The number of amides is 1. The molecule has 0 radical (unpaired) electrons. The lowest BCUT2D eigenvalue weighted by molar-refractivity contribution is -0.120. The zero-order chi connectivity index (χ0) is 35.1. The van der Waals surface area contributed by atoms with Crippen LogP contribution in [0.4, 0.5) is 0 Å². The molecule has 1 aromatic rings. The van der Waals surface area contributed by atoms with E-state index < -0.39 is 6.10 Å². The number of Topliss-reactive ketones (excluding diaryl/α,β-unsaturated/α-hetero) is 1. The monoisotopic (exact) mass is 698 g/mol. The van der Waals surface area contributed by atoms with E-state index in [0.717, 1.165) is 44.3 Å². The smallest absolute Gasteiger partial charge is 0.220 e. The highest BCUT2D eigenvalue weighted by atomic mass is 33.1. The summed E-state index contributed by atoms with van der Waals surface area (Å²) >= 11 is 0. The summed E-state index contributed by atoms with van der Waals surface area (Å²) in [6.45, 7) is 6.48. The Bertz CT molecular complexity index is 1160. The molecule has 0 spiro atoms. The number of carbonyl (C=O) groups is 2. The van der Waals surface area contributed by atoms with Crippen LogP contribution >= 0.6 is 21.6 Å². The van der Waals surface area contributed by atoms with Gasteiger partial charge in [0.25, 0.3) is 0 Å². The first kappa shape index (κ1) is 43.3.